The van der Waals surface area contributed by atoms with Gasteiger partial charge in [-0.3, -0.25) is 14.7 Å². The summed E-state index contributed by atoms with van der Waals surface area (Å²) in [4.78, 5) is 10.0. The average Bonchev–Trinajstić information content (AvgIpc) is 2.63. The Morgan fingerprint density at radius 1 is 0.963 bits per heavy atom. The van der Waals surface area contributed by atoms with Crippen LogP contribution in [0.3, 0.4) is 0 Å². The van der Waals surface area contributed by atoms with Gasteiger partial charge in [-0.15, -0.1) is 0 Å². The lowest BCUT2D eigenvalue weighted by Gasteiger charge is -1.97. The minimum Gasteiger partial charge on any atom is -0.282 e. The SMILES string of the molecule is Cc1ccc(S(=O)(=O)O)cc1.O=[N+]([O-])c1ccc(C[n+]2ccccc2)cc1. The highest BCUT2D eigenvalue weighted by molar-refractivity contribution is 7.85. The van der Waals surface area contributed by atoms with Gasteiger partial charge in [0.2, 0.25) is 0 Å². The lowest BCUT2D eigenvalue weighted by atomic mass is 10.2. The normalized spacial score (nSPS) is 10.6. The highest BCUT2D eigenvalue weighted by Gasteiger charge is 2.07. The zero-order valence-corrected chi connectivity index (χ0v) is 15.4. The summed E-state index contributed by atoms with van der Waals surface area (Å²) >= 11 is 0. The number of nitro groups is 1. The molecule has 0 aliphatic rings. The van der Waals surface area contributed by atoms with Crippen LogP contribution in [-0.4, -0.2) is 17.9 Å². The fourth-order valence-electron chi connectivity index (χ4n) is 2.18. The van der Waals surface area contributed by atoms with Crippen LogP contribution >= 0.6 is 0 Å². The summed E-state index contributed by atoms with van der Waals surface area (Å²) in [5.74, 6) is 0. The van der Waals surface area contributed by atoms with Gasteiger partial charge in [0.1, 0.15) is 0 Å². The molecule has 1 N–H and O–H groups in total. The first-order chi connectivity index (χ1) is 12.8. The van der Waals surface area contributed by atoms with Crippen LogP contribution in [0.15, 0.2) is 84.0 Å². The van der Waals surface area contributed by atoms with E-state index in [0.29, 0.717) is 0 Å². The summed E-state index contributed by atoms with van der Waals surface area (Å²) < 4.78 is 31.6. The molecule has 3 aromatic rings. The molecule has 0 spiro atoms. The molecular formula is C19H19N2O5S+. The maximum absolute atomic E-state index is 10.5. The van der Waals surface area contributed by atoms with Gasteiger partial charge in [0.25, 0.3) is 15.8 Å². The van der Waals surface area contributed by atoms with Crippen LogP contribution in [0.25, 0.3) is 0 Å². The number of hydrogen-bond acceptors (Lipinski definition) is 4. The third-order valence-corrected chi connectivity index (χ3v) is 4.48. The van der Waals surface area contributed by atoms with Gasteiger partial charge in [0.15, 0.2) is 18.9 Å². The van der Waals surface area contributed by atoms with Gasteiger partial charge in [-0.25, -0.2) is 4.57 Å². The van der Waals surface area contributed by atoms with Crippen LogP contribution in [0.1, 0.15) is 11.1 Å². The van der Waals surface area contributed by atoms with Gasteiger partial charge < -0.3 is 0 Å². The molecule has 0 bridgehead atoms. The van der Waals surface area contributed by atoms with E-state index < -0.39 is 10.1 Å². The number of nitro benzene ring substituents is 1. The summed E-state index contributed by atoms with van der Waals surface area (Å²) in [6.45, 7) is 2.56. The molecule has 7 nitrogen and oxygen atoms in total. The minimum absolute atomic E-state index is 0.0666. The Bertz CT molecular complexity index is 987. The molecule has 0 saturated heterocycles. The average molecular weight is 387 g/mol. The Hall–Kier alpha value is -3.10. The Morgan fingerprint density at radius 2 is 1.52 bits per heavy atom. The van der Waals surface area contributed by atoms with E-state index in [9.17, 15) is 18.5 Å². The molecule has 0 saturated carbocycles. The molecule has 1 heterocycles. The van der Waals surface area contributed by atoms with Crippen molar-refractivity contribution in [2.75, 3.05) is 0 Å². The van der Waals surface area contributed by atoms with E-state index in [0.717, 1.165) is 17.7 Å². The molecule has 27 heavy (non-hydrogen) atoms. The van der Waals surface area contributed by atoms with Crippen LogP contribution in [0.4, 0.5) is 5.69 Å². The second-order valence-corrected chi connectivity index (χ2v) is 7.18. The van der Waals surface area contributed by atoms with Crippen molar-refractivity contribution in [2.45, 2.75) is 18.4 Å². The van der Waals surface area contributed by atoms with E-state index in [4.69, 9.17) is 4.55 Å². The number of aryl methyl sites for hydroxylation is 1. The molecule has 0 atom stereocenters. The van der Waals surface area contributed by atoms with Gasteiger partial charge >= 0.3 is 0 Å². The molecule has 0 amide bonds. The molecule has 0 aliphatic heterocycles. The third-order valence-electron chi connectivity index (χ3n) is 3.61. The first-order valence-electron chi connectivity index (χ1n) is 7.97. The molecule has 1 aromatic heterocycles. The van der Waals surface area contributed by atoms with Crippen LogP contribution in [0, 0.1) is 17.0 Å². The van der Waals surface area contributed by atoms with Crippen LogP contribution in [0.5, 0.6) is 0 Å². The minimum atomic E-state index is -4.02. The Labute approximate surface area is 157 Å². The number of pyridine rings is 1. The van der Waals surface area contributed by atoms with Crippen LogP contribution in [-0.2, 0) is 16.7 Å². The Kier molecular flexibility index (Phi) is 6.75. The van der Waals surface area contributed by atoms with E-state index in [-0.39, 0.29) is 15.5 Å². The number of hydrogen-bond donors (Lipinski definition) is 1. The topological polar surface area (TPSA) is 101 Å². The first-order valence-corrected chi connectivity index (χ1v) is 9.41. The molecule has 8 heteroatoms. The van der Waals surface area contributed by atoms with E-state index in [2.05, 4.69) is 0 Å². The van der Waals surface area contributed by atoms with Gasteiger partial charge in [0.05, 0.1) is 9.82 Å². The van der Waals surface area contributed by atoms with E-state index in [1.54, 1.807) is 24.3 Å². The van der Waals surface area contributed by atoms with Crippen molar-refractivity contribution < 1.29 is 22.5 Å². The summed E-state index contributed by atoms with van der Waals surface area (Å²) in [6, 6.07) is 18.4. The molecule has 0 aliphatic carbocycles. The summed E-state index contributed by atoms with van der Waals surface area (Å²) in [5.41, 5.74) is 2.13. The highest BCUT2D eigenvalue weighted by Crippen LogP contribution is 2.11. The van der Waals surface area contributed by atoms with Crippen molar-refractivity contribution in [2.24, 2.45) is 0 Å². The molecule has 3 rings (SSSR count). The lowest BCUT2D eigenvalue weighted by molar-refractivity contribution is -0.688. The summed E-state index contributed by atoms with van der Waals surface area (Å²) in [5, 5.41) is 10.5. The summed E-state index contributed by atoms with van der Waals surface area (Å²) in [7, 11) is -4.02. The monoisotopic (exact) mass is 387 g/mol. The van der Waals surface area contributed by atoms with Crippen molar-refractivity contribution in [1.29, 1.82) is 0 Å². The molecule has 2 aromatic carbocycles. The number of rotatable bonds is 4. The number of aromatic nitrogens is 1. The second-order valence-electron chi connectivity index (χ2n) is 5.76. The van der Waals surface area contributed by atoms with E-state index in [1.165, 1.54) is 24.3 Å². The number of non-ortho nitro benzene ring substituents is 1. The van der Waals surface area contributed by atoms with Crippen molar-refractivity contribution in [3.8, 4) is 0 Å². The molecular weight excluding hydrogens is 368 g/mol. The van der Waals surface area contributed by atoms with Crippen LogP contribution < -0.4 is 4.57 Å². The quantitative estimate of drug-likeness (QED) is 0.321. The van der Waals surface area contributed by atoms with Gasteiger partial charge in [-0.05, 0) is 31.2 Å². The van der Waals surface area contributed by atoms with Gasteiger partial charge in [0, 0.05) is 29.8 Å². The smallest absolute Gasteiger partial charge is 0.282 e. The molecule has 140 valence electrons. The first kappa shape index (κ1) is 20.2. The molecule has 0 fully saturated rings. The van der Waals surface area contributed by atoms with Crippen LogP contribution in [0.2, 0.25) is 0 Å². The third kappa shape index (κ3) is 6.61. The predicted octanol–water partition coefficient (Wildman–Crippen LogP) is 3.17. The van der Waals surface area contributed by atoms with Crippen molar-refractivity contribution in [3.63, 3.8) is 0 Å². The van der Waals surface area contributed by atoms with E-state index >= 15 is 0 Å². The van der Waals surface area contributed by atoms with Crippen molar-refractivity contribution in [3.05, 3.63) is 100 Å². The Balaban J connectivity index is 0.000000208. The predicted molar refractivity (Wildman–Crippen MR) is 99.8 cm³/mol. The largest absolute Gasteiger partial charge is 0.294 e. The maximum atomic E-state index is 10.5. The lowest BCUT2D eigenvalue weighted by Crippen LogP contribution is -2.32. The van der Waals surface area contributed by atoms with E-state index in [1.807, 2.05) is 42.1 Å². The summed E-state index contributed by atoms with van der Waals surface area (Å²) in [6.07, 6.45) is 3.92. The number of nitrogens with zero attached hydrogens (tertiary/aromatic N) is 2. The second kappa shape index (κ2) is 9.02. The molecule has 0 radical (unpaired) electrons. The highest BCUT2D eigenvalue weighted by atomic mass is 32.2. The fraction of sp³-hybridized carbons (Fsp3) is 0.105. The Morgan fingerprint density at radius 3 is 2.00 bits per heavy atom. The zero-order valence-electron chi connectivity index (χ0n) is 14.6. The molecule has 0 unspecified atom stereocenters. The van der Waals surface area contributed by atoms with Gasteiger partial charge in [-0.1, -0.05) is 23.8 Å². The number of benzene rings is 2. The zero-order chi connectivity index (χ0) is 19.9. The van der Waals surface area contributed by atoms with Crippen molar-refractivity contribution >= 4 is 15.8 Å². The van der Waals surface area contributed by atoms with Crippen molar-refractivity contribution in [1.82, 2.24) is 0 Å². The standard InChI is InChI=1S/C12H11N2O2.C7H8O3S/c15-14(16)12-6-4-11(5-7-12)10-13-8-2-1-3-9-13;1-6-2-4-7(5-3-6)11(8,9)10/h1-9H,10H2;2-5H,1H3,(H,8,9,10)/q+1;. The van der Waals surface area contributed by atoms with Gasteiger partial charge in [-0.2, -0.15) is 8.42 Å². The fourth-order valence-corrected chi connectivity index (χ4v) is 2.66. The maximum Gasteiger partial charge on any atom is 0.294 e.